The molecule has 0 bridgehead atoms. The first-order valence-corrected chi connectivity index (χ1v) is 7.02. The number of aliphatic hydroxyl groups excluding tert-OH is 1. The minimum atomic E-state index is -0.603. The molecular formula is C17H20O4. The fraction of sp³-hybridized carbons (Fsp3) is 0.412. The molecule has 1 aromatic carbocycles. The molecule has 2 rings (SSSR count). The van der Waals surface area contributed by atoms with Crippen LogP contribution in [-0.2, 0) is 9.53 Å². The lowest BCUT2D eigenvalue weighted by Crippen LogP contribution is -2.39. The van der Waals surface area contributed by atoms with E-state index in [1.807, 2.05) is 13.0 Å². The molecule has 0 aromatic heterocycles. The van der Waals surface area contributed by atoms with E-state index in [1.54, 1.807) is 30.3 Å². The third-order valence-electron chi connectivity index (χ3n) is 4.31. The van der Waals surface area contributed by atoms with E-state index in [9.17, 15) is 14.7 Å². The van der Waals surface area contributed by atoms with Crippen LogP contribution in [0, 0.1) is 11.3 Å². The highest BCUT2D eigenvalue weighted by molar-refractivity contribution is 5.89. The molecule has 0 unspecified atom stereocenters. The van der Waals surface area contributed by atoms with Crippen LogP contribution in [0.3, 0.4) is 0 Å². The number of carbonyl (C=O) groups is 2. The second-order valence-corrected chi connectivity index (χ2v) is 5.73. The molecule has 0 spiro atoms. The second kappa shape index (κ2) is 6.22. The van der Waals surface area contributed by atoms with E-state index in [2.05, 4.69) is 6.58 Å². The maximum absolute atomic E-state index is 12.2. The minimum absolute atomic E-state index is 0.0826. The van der Waals surface area contributed by atoms with Crippen molar-refractivity contribution < 1.29 is 19.4 Å². The molecule has 0 amide bonds. The topological polar surface area (TPSA) is 63.6 Å². The van der Waals surface area contributed by atoms with E-state index >= 15 is 0 Å². The van der Waals surface area contributed by atoms with Crippen molar-refractivity contribution in [2.75, 3.05) is 6.61 Å². The van der Waals surface area contributed by atoms with E-state index in [4.69, 9.17) is 4.74 Å². The SMILES string of the molecule is C=C[C@@H](OC(=O)c1ccccc1)[C@]1(C)CC(=O)C[C@@H]1CO. The molecule has 112 valence electrons. The van der Waals surface area contributed by atoms with Crippen LogP contribution in [0.5, 0.6) is 0 Å². The van der Waals surface area contributed by atoms with Crippen molar-refractivity contribution >= 4 is 11.8 Å². The Hall–Kier alpha value is -1.94. The van der Waals surface area contributed by atoms with Crippen LogP contribution < -0.4 is 0 Å². The van der Waals surface area contributed by atoms with Crippen LogP contribution >= 0.6 is 0 Å². The van der Waals surface area contributed by atoms with Crippen LogP contribution in [0.15, 0.2) is 43.0 Å². The summed E-state index contributed by atoms with van der Waals surface area (Å²) < 4.78 is 5.53. The smallest absolute Gasteiger partial charge is 0.338 e. The van der Waals surface area contributed by atoms with Crippen molar-refractivity contribution in [1.82, 2.24) is 0 Å². The van der Waals surface area contributed by atoms with Crippen LogP contribution in [0.4, 0.5) is 0 Å². The Morgan fingerprint density at radius 3 is 2.76 bits per heavy atom. The van der Waals surface area contributed by atoms with Crippen molar-refractivity contribution in [2.45, 2.75) is 25.9 Å². The van der Waals surface area contributed by atoms with Gasteiger partial charge in [-0.2, -0.15) is 0 Å². The van der Waals surface area contributed by atoms with Crippen molar-refractivity contribution in [3.63, 3.8) is 0 Å². The van der Waals surface area contributed by atoms with Gasteiger partial charge in [0.05, 0.1) is 5.56 Å². The molecule has 4 heteroatoms. The number of esters is 1. The van der Waals surface area contributed by atoms with E-state index in [1.165, 1.54) is 0 Å². The number of carbonyl (C=O) groups excluding carboxylic acids is 2. The molecule has 1 saturated carbocycles. The monoisotopic (exact) mass is 288 g/mol. The third-order valence-corrected chi connectivity index (χ3v) is 4.31. The number of hydrogen-bond acceptors (Lipinski definition) is 4. The van der Waals surface area contributed by atoms with Crippen LogP contribution in [-0.4, -0.2) is 29.6 Å². The quantitative estimate of drug-likeness (QED) is 0.667. The highest BCUT2D eigenvalue weighted by atomic mass is 16.5. The summed E-state index contributed by atoms with van der Waals surface area (Å²) in [6.07, 6.45) is 1.55. The Kier molecular flexibility index (Phi) is 4.58. The van der Waals surface area contributed by atoms with Gasteiger partial charge in [-0.05, 0) is 18.1 Å². The van der Waals surface area contributed by atoms with Gasteiger partial charge in [0.25, 0.3) is 0 Å². The van der Waals surface area contributed by atoms with Gasteiger partial charge in [-0.15, -0.1) is 0 Å². The lowest BCUT2D eigenvalue weighted by atomic mass is 9.75. The molecule has 3 atom stereocenters. The lowest BCUT2D eigenvalue weighted by Gasteiger charge is -2.35. The predicted octanol–water partition coefficient (Wildman–Crippen LogP) is 2.38. The molecule has 1 fully saturated rings. The molecule has 0 radical (unpaired) electrons. The van der Waals surface area contributed by atoms with Crippen LogP contribution in [0.2, 0.25) is 0 Å². The molecule has 4 nitrogen and oxygen atoms in total. The van der Waals surface area contributed by atoms with Crippen molar-refractivity contribution in [3.8, 4) is 0 Å². The lowest BCUT2D eigenvalue weighted by molar-refractivity contribution is -0.118. The molecule has 0 saturated heterocycles. The number of rotatable bonds is 5. The number of ketones is 1. The number of ether oxygens (including phenoxy) is 1. The largest absolute Gasteiger partial charge is 0.454 e. The molecule has 1 N–H and O–H groups in total. The minimum Gasteiger partial charge on any atom is -0.454 e. The van der Waals surface area contributed by atoms with Gasteiger partial charge in [0, 0.05) is 24.9 Å². The predicted molar refractivity (Wildman–Crippen MR) is 78.8 cm³/mol. The molecule has 0 heterocycles. The van der Waals surface area contributed by atoms with E-state index < -0.39 is 17.5 Å². The first kappa shape index (κ1) is 15.4. The molecular weight excluding hydrogens is 268 g/mol. The average molecular weight is 288 g/mol. The number of benzene rings is 1. The number of aliphatic hydroxyl groups is 1. The van der Waals surface area contributed by atoms with Gasteiger partial charge in [0.2, 0.25) is 0 Å². The summed E-state index contributed by atoms with van der Waals surface area (Å²) in [4.78, 5) is 23.9. The first-order chi connectivity index (χ1) is 10.0. The van der Waals surface area contributed by atoms with E-state index in [-0.39, 0.29) is 24.7 Å². The summed E-state index contributed by atoms with van der Waals surface area (Å²) in [5.41, 5.74) is -0.143. The Bertz CT molecular complexity index is 537. The summed E-state index contributed by atoms with van der Waals surface area (Å²) >= 11 is 0. The zero-order chi connectivity index (χ0) is 15.5. The van der Waals surface area contributed by atoms with Gasteiger partial charge in [0.15, 0.2) is 0 Å². The standard InChI is InChI=1S/C17H20O4/c1-3-15(17(2)10-14(19)9-13(17)11-18)21-16(20)12-7-5-4-6-8-12/h3-8,13,15,18H,1,9-11H2,2H3/t13-,15-,17-/m1/s1. The number of Topliss-reactive ketones (excluding diaryl/α,β-unsaturated/α-hetero) is 1. The van der Waals surface area contributed by atoms with E-state index in [0.29, 0.717) is 12.0 Å². The fourth-order valence-electron chi connectivity index (χ4n) is 2.96. The Balaban J connectivity index is 2.18. The van der Waals surface area contributed by atoms with Gasteiger partial charge in [-0.25, -0.2) is 4.79 Å². The second-order valence-electron chi connectivity index (χ2n) is 5.73. The maximum atomic E-state index is 12.2. The molecule has 1 aliphatic rings. The highest BCUT2D eigenvalue weighted by Crippen LogP contribution is 2.45. The van der Waals surface area contributed by atoms with Crippen molar-refractivity contribution in [3.05, 3.63) is 48.6 Å². The maximum Gasteiger partial charge on any atom is 0.338 e. The summed E-state index contributed by atoms with van der Waals surface area (Å²) in [5, 5.41) is 9.49. The molecule has 0 aliphatic heterocycles. The van der Waals surface area contributed by atoms with Crippen molar-refractivity contribution in [2.24, 2.45) is 11.3 Å². The van der Waals surface area contributed by atoms with Crippen LogP contribution in [0.1, 0.15) is 30.1 Å². The fourth-order valence-corrected chi connectivity index (χ4v) is 2.96. The zero-order valence-corrected chi connectivity index (χ0v) is 12.1. The average Bonchev–Trinajstić information content (AvgIpc) is 2.80. The van der Waals surface area contributed by atoms with Gasteiger partial charge < -0.3 is 9.84 Å². The van der Waals surface area contributed by atoms with Crippen LogP contribution in [0.25, 0.3) is 0 Å². The molecule has 1 aliphatic carbocycles. The highest BCUT2D eigenvalue weighted by Gasteiger charge is 2.49. The van der Waals surface area contributed by atoms with Gasteiger partial charge in [-0.3, -0.25) is 4.79 Å². The molecule has 1 aromatic rings. The normalized spacial score (nSPS) is 26.4. The Morgan fingerprint density at radius 1 is 1.52 bits per heavy atom. The number of hydrogen-bond donors (Lipinski definition) is 1. The van der Waals surface area contributed by atoms with Gasteiger partial charge in [-0.1, -0.05) is 37.8 Å². The summed E-state index contributed by atoms with van der Waals surface area (Å²) in [5.74, 6) is -0.575. The third kappa shape index (κ3) is 3.05. The van der Waals surface area contributed by atoms with E-state index in [0.717, 1.165) is 0 Å². The summed E-state index contributed by atoms with van der Waals surface area (Å²) in [7, 11) is 0. The molecule has 21 heavy (non-hydrogen) atoms. The van der Waals surface area contributed by atoms with Gasteiger partial charge in [0.1, 0.15) is 11.9 Å². The van der Waals surface area contributed by atoms with Gasteiger partial charge >= 0.3 is 5.97 Å². The van der Waals surface area contributed by atoms with Crippen molar-refractivity contribution in [1.29, 1.82) is 0 Å². The zero-order valence-electron chi connectivity index (χ0n) is 12.1. The summed E-state index contributed by atoms with van der Waals surface area (Å²) in [6, 6.07) is 8.69. The summed E-state index contributed by atoms with van der Waals surface area (Å²) in [6.45, 7) is 5.48. The first-order valence-electron chi connectivity index (χ1n) is 7.02. The Morgan fingerprint density at radius 2 is 2.19 bits per heavy atom. The Labute approximate surface area is 124 Å².